The van der Waals surface area contributed by atoms with E-state index in [-0.39, 0.29) is 29.9 Å². The second-order valence-electron chi connectivity index (χ2n) is 11.5. The number of phenolic OH excluding ortho intramolecular Hbond substituents is 1. The molecule has 2 aromatic rings. The van der Waals surface area contributed by atoms with Crippen LogP contribution in [0.2, 0.25) is 0 Å². The van der Waals surface area contributed by atoms with Crippen molar-refractivity contribution in [2.24, 2.45) is 17.6 Å². The van der Waals surface area contributed by atoms with Crippen molar-refractivity contribution >= 4 is 17.7 Å². The van der Waals surface area contributed by atoms with Gasteiger partial charge in [-0.2, -0.15) is 0 Å². The molecule has 0 saturated carbocycles. The molecule has 9 heteroatoms. The number of likely N-dealkylation sites (N-methyl/N-ethyl adjacent to an activating group) is 2. The van der Waals surface area contributed by atoms with Crippen LogP contribution >= 0.6 is 0 Å². The Labute approximate surface area is 230 Å². The predicted molar refractivity (Wildman–Crippen MR) is 148 cm³/mol. The van der Waals surface area contributed by atoms with Gasteiger partial charge in [-0.25, -0.2) is 4.39 Å². The van der Waals surface area contributed by atoms with Gasteiger partial charge < -0.3 is 25.7 Å². The largest absolute Gasteiger partial charge is 0.508 e. The maximum atomic E-state index is 13.7. The molecule has 4 N–H and O–H groups in total. The normalized spacial score (nSPS) is 14.0. The second kappa shape index (κ2) is 13.1. The number of primary amides is 1. The Morgan fingerprint density at radius 1 is 0.923 bits per heavy atom. The molecule has 0 aliphatic carbocycles. The van der Waals surface area contributed by atoms with Crippen LogP contribution in [-0.2, 0) is 32.6 Å². The Kier molecular flexibility index (Phi) is 10.6. The van der Waals surface area contributed by atoms with Crippen LogP contribution in [0.1, 0.15) is 51.3 Å². The molecular formula is C30H42FN3O5. The number of hydrogen-bond acceptors (Lipinski definition) is 5. The minimum atomic E-state index is -0.993. The van der Waals surface area contributed by atoms with E-state index in [4.69, 9.17) is 5.73 Å². The molecule has 214 valence electrons. The van der Waals surface area contributed by atoms with Crippen molar-refractivity contribution in [1.29, 1.82) is 0 Å². The number of aromatic hydroxyl groups is 1. The van der Waals surface area contributed by atoms with E-state index in [9.17, 15) is 29.0 Å². The predicted octanol–water partition coefficient (Wildman–Crippen LogP) is 3.02. The monoisotopic (exact) mass is 543 g/mol. The number of hydrogen-bond donors (Lipinski definition) is 3. The summed E-state index contributed by atoms with van der Waals surface area (Å²) in [6.07, 6.45) is 0.308. The van der Waals surface area contributed by atoms with Crippen LogP contribution in [0.5, 0.6) is 5.75 Å². The Bertz CT molecular complexity index is 1160. The van der Waals surface area contributed by atoms with Crippen molar-refractivity contribution in [2.75, 3.05) is 20.7 Å². The smallest absolute Gasteiger partial charge is 0.246 e. The lowest BCUT2D eigenvalue weighted by molar-refractivity contribution is -0.151. The van der Waals surface area contributed by atoms with Crippen molar-refractivity contribution in [3.05, 3.63) is 65.0 Å². The van der Waals surface area contributed by atoms with E-state index in [2.05, 4.69) is 0 Å². The highest BCUT2D eigenvalue weighted by Gasteiger charge is 2.37. The quantitative estimate of drug-likeness (QED) is 0.402. The summed E-state index contributed by atoms with van der Waals surface area (Å²) in [5.74, 6) is -3.00. The molecule has 8 nitrogen and oxygen atoms in total. The van der Waals surface area contributed by atoms with Crippen LogP contribution in [0.3, 0.4) is 0 Å². The van der Waals surface area contributed by atoms with E-state index in [1.165, 1.54) is 36.0 Å². The molecule has 2 rings (SSSR count). The van der Waals surface area contributed by atoms with Crippen molar-refractivity contribution in [1.82, 2.24) is 9.80 Å². The van der Waals surface area contributed by atoms with Crippen LogP contribution in [0.15, 0.2) is 42.5 Å². The summed E-state index contributed by atoms with van der Waals surface area (Å²) in [4.78, 5) is 42.2. The third-order valence-corrected chi connectivity index (χ3v) is 7.06. The fourth-order valence-electron chi connectivity index (χ4n) is 4.78. The number of carbonyl (C=O) groups is 3. The summed E-state index contributed by atoms with van der Waals surface area (Å²) < 4.78 is 13.3. The van der Waals surface area contributed by atoms with Gasteiger partial charge in [0.2, 0.25) is 17.7 Å². The average Bonchev–Trinajstić information content (AvgIpc) is 2.85. The van der Waals surface area contributed by atoms with Crippen molar-refractivity contribution in [2.45, 2.75) is 65.0 Å². The number of nitrogens with zero attached hydrogens (tertiary/aromatic N) is 2. The van der Waals surface area contributed by atoms with E-state index in [1.54, 1.807) is 44.2 Å². The first kappa shape index (κ1) is 31.8. The standard InChI is InChI=1S/C30H42FN3O5/c1-18(2)26(34(7)28(38)21(17-35)14-19-8-11-22(31)12-9-19)29(39)33(6)24(27(32)37)16-20-10-13-25(36)23(15-20)30(3,4)5/h8-13,15,18,21,24,26,35-36H,14,16-17H2,1-7H3,(H2,32,37)/t21?,24-,26-/m0/s1. The van der Waals surface area contributed by atoms with Crippen LogP contribution in [-0.4, -0.2) is 70.5 Å². The van der Waals surface area contributed by atoms with Crippen molar-refractivity contribution in [3.8, 4) is 5.75 Å². The first-order valence-corrected chi connectivity index (χ1v) is 13.1. The molecule has 0 saturated heterocycles. The molecule has 0 aromatic heterocycles. The Morgan fingerprint density at radius 2 is 1.49 bits per heavy atom. The fraction of sp³-hybridized carbons (Fsp3) is 0.500. The van der Waals surface area contributed by atoms with E-state index >= 15 is 0 Å². The summed E-state index contributed by atoms with van der Waals surface area (Å²) >= 11 is 0. The SMILES string of the molecule is CC(C)[C@@H](C(=O)N(C)[C@@H](Cc1ccc(O)c(C(C)(C)C)c1)C(N)=O)N(C)C(=O)C(CO)Cc1ccc(F)cc1. The van der Waals surface area contributed by atoms with Crippen LogP contribution < -0.4 is 5.73 Å². The molecule has 3 amide bonds. The van der Waals surface area contributed by atoms with Gasteiger partial charge >= 0.3 is 0 Å². The molecule has 0 heterocycles. The number of carbonyl (C=O) groups excluding carboxylic acids is 3. The van der Waals surface area contributed by atoms with Gasteiger partial charge in [0.25, 0.3) is 0 Å². The number of aliphatic hydroxyl groups is 1. The lowest BCUT2D eigenvalue weighted by atomic mass is 9.84. The third-order valence-electron chi connectivity index (χ3n) is 7.06. The molecule has 0 spiro atoms. The zero-order chi connectivity index (χ0) is 29.7. The number of aliphatic hydroxyl groups excluding tert-OH is 1. The zero-order valence-corrected chi connectivity index (χ0v) is 23.9. The van der Waals surface area contributed by atoms with Gasteiger partial charge in [-0.05, 0) is 52.6 Å². The van der Waals surface area contributed by atoms with Crippen molar-refractivity contribution < 1.29 is 29.0 Å². The Balaban J connectivity index is 2.29. The first-order chi connectivity index (χ1) is 18.1. The molecule has 0 aliphatic rings. The number of amides is 3. The fourth-order valence-corrected chi connectivity index (χ4v) is 4.78. The summed E-state index contributed by atoms with van der Waals surface area (Å²) in [5.41, 5.74) is 7.51. The first-order valence-electron chi connectivity index (χ1n) is 13.1. The molecule has 0 radical (unpaired) electrons. The van der Waals surface area contributed by atoms with E-state index in [0.717, 1.165) is 5.56 Å². The summed E-state index contributed by atoms with van der Waals surface area (Å²) in [7, 11) is 2.99. The highest BCUT2D eigenvalue weighted by atomic mass is 19.1. The number of benzene rings is 2. The zero-order valence-electron chi connectivity index (χ0n) is 23.9. The molecular weight excluding hydrogens is 501 g/mol. The van der Waals surface area contributed by atoms with Crippen molar-refractivity contribution in [3.63, 3.8) is 0 Å². The lowest BCUT2D eigenvalue weighted by Crippen LogP contribution is -2.57. The van der Waals surface area contributed by atoms with Gasteiger partial charge in [-0.3, -0.25) is 14.4 Å². The molecule has 1 unspecified atom stereocenters. The van der Waals surface area contributed by atoms with Gasteiger partial charge in [0, 0.05) is 20.5 Å². The summed E-state index contributed by atoms with van der Waals surface area (Å²) in [5, 5.41) is 20.3. The molecule has 0 fully saturated rings. The number of rotatable bonds is 11. The van der Waals surface area contributed by atoms with E-state index in [1.807, 2.05) is 20.8 Å². The minimum Gasteiger partial charge on any atom is -0.508 e. The maximum Gasteiger partial charge on any atom is 0.246 e. The van der Waals surface area contributed by atoms with Gasteiger partial charge in [-0.15, -0.1) is 0 Å². The van der Waals surface area contributed by atoms with Gasteiger partial charge in [0.15, 0.2) is 0 Å². The third kappa shape index (κ3) is 8.02. The van der Waals surface area contributed by atoms with Crippen LogP contribution in [0.25, 0.3) is 0 Å². The number of phenols is 1. The van der Waals surface area contributed by atoms with Gasteiger partial charge in [-0.1, -0.05) is 58.9 Å². The Hall–Kier alpha value is -3.46. The van der Waals surface area contributed by atoms with Gasteiger partial charge in [0.1, 0.15) is 23.7 Å². The molecule has 0 aliphatic heterocycles. The molecule has 2 aromatic carbocycles. The summed E-state index contributed by atoms with van der Waals surface area (Å²) in [6.45, 7) is 9.02. The number of halogens is 1. The second-order valence-corrected chi connectivity index (χ2v) is 11.5. The lowest BCUT2D eigenvalue weighted by Gasteiger charge is -2.37. The highest BCUT2D eigenvalue weighted by molar-refractivity contribution is 5.92. The van der Waals surface area contributed by atoms with Gasteiger partial charge in [0.05, 0.1) is 12.5 Å². The van der Waals surface area contributed by atoms with E-state index < -0.39 is 48.1 Å². The topological polar surface area (TPSA) is 124 Å². The minimum absolute atomic E-state index is 0.132. The number of nitrogens with two attached hydrogens (primary N) is 1. The summed E-state index contributed by atoms with van der Waals surface area (Å²) in [6, 6.07) is 8.83. The maximum absolute atomic E-state index is 13.7. The van der Waals surface area contributed by atoms with Crippen LogP contribution in [0, 0.1) is 17.7 Å². The Morgan fingerprint density at radius 3 is 1.97 bits per heavy atom. The average molecular weight is 544 g/mol. The highest BCUT2D eigenvalue weighted by Crippen LogP contribution is 2.32. The molecule has 3 atom stereocenters. The molecule has 39 heavy (non-hydrogen) atoms. The molecule has 0 bridgehead atoms. The van der Waals surface area contributed by atoms with Crippen LogP contribution in [0.4, 0.5) is 4.39 Å². The van der Waals surface area contributed by atoms with E-state index in [0.29, 0.717) is 11.1 Å².